The van der Waals surface area contributed by atoms with Crippen LogP contribution in [0.2, 0.25) is 10.0 Å². The molecule has 0 N–H and O–H groups in total. The maximum Gasteiger partial charge on any atom is 0.261 e. The van der Waals surface area contributed by atoms with Crippen LogP contribution in [0.3, 0.4) is 0 Å². The number of halogens is 2. The van der Waals surface area contributed by atoms with Crippen LogP contribution in [-0.4, -0.2) is 55.2 Å². The number of hydrogen-bond acceptors (Lipinski definition) is 5. The lowest BCUT2D eigenvalue weighted by Crippen LogP contribution is -2.39. The molecule has 1 fully saturated rings. The van der Waals surface area contributed by atoms with Gasteiger partial charge in [-0.15, -0.1) is 0 Å². The van der Waals surface area contributed by atoms with Gasteiger partial charge < -0.3 is 4.74 Å². The summed E-state index contributed by atoms with van der Waals surface area (Å²) in [5.41, 5.74) is 2.25. The number of anilines is 1. The van der Waals surface area contributed by atoms with Crippen molar-refractivity contribution in [3.05, 3.63) is 57.6 Å². The molecular formula is C22H23Cl2N3O2S. The summed E-state index contributed by atoms with van der Waals surface area (Å²) in [5, 5.41) is 1.79. The first-order chi connectivity index (χ1) is 14.5. The molecule has 30 heavy (non-hydrogen) atoms. The van der Waals surface area contributed by atoms with Gasteiger partial charge in [0.05, 0.1) is 34.0 Å². The van der Waals surface area contributed by atoms with Crippen molar-refractivity contribution in [2.75, 3.05) is 44.3 Å². The molecule has 0 aliphatic carbocycles. The van der Waals surface area contributed by atoms with Gasteiger partial charge in [-0.05, 0) is 43.2 Å². The van der Waals surface area contributed by atoms with Crippen molar-refractivity contribution >= 4 is 55.8 Å². The van der Waals surface area contributed by atoms with E-state index in [0.717, 1.165) is 55.0 Å². The summed E-state index contributed by atoms with van der Waals surface area (Å²) in [6.07, 6.45) is 0.839. The second-order valence-corrected chi connectivity index (χ2v) is 9.08. The van der Waals surface area contributed by atoms with Crippen molar-refractivity contribution in [1.82, 2.24) is 9.88 Å². The molecule has 0 saturated carbocycles. The highest BCUT2D eigenvalue weighted by Crippen LogP contribution is 2.34. The van der Waals surface area contributed by atoms with Crippen LogP contribution < -0.4 is 4.90 Å². The molecule has 158 valence electrons. The average molecular weight is 464 g/mol. The van der Waals surface area contributed by atoms with Gasteiger partial charge in [-0.1, -0.05) is 46.7 Å². The van der Waals surface area contributed by atoms with E-state index in [1.807, 2.05) is 31.2 Å². The Labute approximate surface area is 190 Å². The molecule has 2 aromatic carbocycles. The Morgan fingerprint density at radius 1 is 1.17 bits per heavy atom. The quantitative estimate of drug-likeness (QED) is 0.498. The Kier molecular flexibility index (Phi) is 6.91. The number of aromatic nitrogens is 1. The highest BCUT2D eigenvalue weighted by molar-refractivity contribution is 7.22. The number of rotatable bonds is 6. The monoisotopic (exact) mass is 463 g/mol. The maximum atomic E-state index is 13.4. The minimum atomic E-state index is -0.134. The van der Waals surface area contributed by atoms with Gasteiger partial charge in [-0.25, -0.2) is 4.98 Å². The molecule has 0 spiro atoms. The third kappa shape index (κ3) is 4.63. The summed E-state index contributed by atoms with van der Waals surface area (Å²) in [6.45, 7) is 6.81. The number of nitrogens with zero attached hydrogens (tertiary/aromatic N) is 3. The third-order valence-electron chi connectivity index (χ3n) is 5.28. The van der Waals surface area contributed by atoms with E-state index in [0.29, 0.717) is 27.3 Å². The molecule has 5 nitrogen and oxygen atoms in total. The highest BCUT2D eigenvalue weighted by Gasteiger charge is 2.24. The number of carbonyl (C=O) groups excluding carboxylic acids is 1. The van der Waals surface area contributed by atoms with E-state index in [9.17, 15) is 4.79 Å². The zero-order valence-electron chi connectivity index (χ0n) is 16.7. The highest BCUT2D eigenvalue weighted by atomic mass is 35.5. The van der Waals surface area contributed by atoms with Crippen molar-refractivity contribution < 1.29 is 9.53 Å². The summed E-state index contributed by atoms with van der Waals surface area (Å²) in [4.78, 5) is 22.3. The zero-order chi connectivity index (χ0) is 21.1. The standard InChI is InChI=1S/C22H23Cl2N3O2S/c1-15-17(23)7-8-19-20(15)25-22(30-19)27(10-4-9-26-11-13-29-14-12-26)21(28)16-5-2-3-6-18(16)24/h2-3,5-8H,4,9-14H2,1H3. The topological polar surface area (TPSA) is 45.7 Å². The van der Waals surface area contributed by atoms with Crippen LogP contribution >= 0.6 is 34.5 Å². The first kappa shape index (κ1) is 21.5. The minimum absolute atomic E-state index is 0.134. The van der Waals surface area contributed by atoms with E-state index in [1.165, 1.54) is 11.3 Å². The Bertz CT molecular complexity index is 1050. The van der Waals surface area contributed by atoms with Gasteiger partial charge in [-0.2, -0.15) is 0 Å². The van der Waals surface area contributed by atoms with Crippen LogP contribution in [-0.2, 0) is 4.74 Å². The van der Waals surface area contributed by atoms with E-state index >= 15 is 0 Å². The summed E-state index contributed by atoms with van der Waals surface area (Å²) < 4.78 is 6.43. The van der Waals surface area contributed by atoms with Crippen molar-refractivity contribution in [3.8, 4) is 0 Å². The van der Waals surface area contributed by atoms with Crippen LogP contribution in [0.4, 0.5) is 5.13 Å². The molecule has 1 saturated heterocycles. The fourth-order valence-electron chi connectivity index (χ4n) is 3.55. The number of aryl methyl sites for hydroxylation is 1. The fraction of sp³-hybridized carbons (Fsp3) is 0.364. The first-order valence-electron chi connectivity index (χ1n) is 9.97. The number of carbonyl (C=O) groups is 1. The van der Waals surface area contributed by atoms with Gasteiger partial charge in [0.2, 0.25) is 0 Å². The Balaban J connectivity index is 1.62. The molecule has 1 aromatic heterocycles. The van der Waals surface area contributed by atoms with E-state index in [2.05, 4.69) is 4.90 Å². The summed E-state index contributed by atoms with van der Waals surface area (Å²) >= 11 is 14.1. The molecule has 0 radical (unpaired) electrons. The lowest BCUT2D eigenvalue weighted by Gasteiger charge is -2.27. The Hall–Kier alpha value is -1.70. The molecule has 2 heterocycles. The first-order valence-corrected chi connectivity index (χ1v) is 11.5. The number of hydrogen-bond donors (Lipinski definition) is 0. The molecule has 0 bridgehead atoms. The Morgan fingerprint density at radius 2 is 1.93 bits per heavy atom. The van der Waals surface area contributed by atoms with Crippen LogP contribution in [0.1, 0.15) is 22.3 Å². The van der Waals surface area contributed by atoms with Gasteiger partial charge in [0.25, 0.3) is 5.91 Å². The molecule has 0 atom stereocenters. The van der Waals surface area contributed by atoms with Crippen LogP contribution in [0, 0.1) is 6.92 Å². The Morgan fingerprint density at radius 3 is 2.70 bits per heavy atom. The summed E-state index contributed by atoms with van der Waals surface area (Å²) in [5.74, 6) is -0.134. The summed E-state index contributed by atoms with van der Waals surface area (Å²) in [7, 11) is 0. The second kappa shape index (κ2) is 9.62. The van der Waals surface area contributed by atoms with Gasteiger partial charge >= 0.3 is 0 Å². The zero-order valence-corrected chi connectivity index (χ0v) is 19.1. The second-order valence-electron chi connectivity index (χ2n) is 7.26. The predicted octanol–water partition coefficient (Wildman–Crippen LogP) is 5.28. The van der Waals surface area contributed by atoms with Gasteiger partial charge in [0.15, 0.2) is 5.13 Å². The largest absolute Gasteiger partial charge is 0.379 e. The third-order valence-corrected chi connectivity index (χ3v) is 7.06. The van der Waals surface area contributed by atoms with Crippen molar-refractivity contribution in [3.63, 3.8) is 0 Å². The number of morpholine rings is 1. The molecule has 1 aliphatic rings. The van der Waals surface area contributed by atoms with E-state index in [-0.39, 0.29) is 5.91 Å². The van der Waals surface area contributed by atoms with E-state index in [1.54, 1.807) is 17.0 Å². The molecule has 1 aliphatic heterocycles. The number of ether oxygens (including phenoxy) is 1. The van der Waals surface area contributed by atoms with E-state index in [4.69, 9.17) is 32.9 Å². The average Bonchev–Trinajstić information content (AvgIpc) is 3.19. The smallest absolute Gasteiger partial charge is 0.261 e. The van der Waals surface area contributed by atoms with Crippen LogP contribution in [0.25, 0.3) is 10.2 Å². The lowest BCUT2D eigenvalue weighted by molar-refractivity contribution is 0.0376. The molecule has 1 amide bonds. The van der Waals surface area contributed by atoms with Gasteiger partial charge in [0, 0.05) is 31.2 Å². The number of amides is 1. The summed E-state index contributed by atoms with van der Waals surface area (Å²) in [6, 6.07) is 11.0. The SMILES string of the molecule is Cc1c(Cl)ccc2sc(N(CCCN3CCOCC3)C(=O)c3ccccc3Cl)nc12. The molecule has 3 aromatic rings. The molecule has 8 heteroatoms. The van der Waals surface area contributed by atoms with Crippen LogP contribution in [0.5, 0.6) is 0 Å². The number of fused-ring (bicyclic) bond motifs is 1. The van der Waals surface area contributed by atoms with Gasteiger partial charge in [0.1, 0.15) is 0 Å². The van der Waals surface area contributed by atoms with Crippen molar-refractivity contribution in [2.45, 2.75) is 13.3 Å². The van der Waals surface area contributed by atoms with Gasteiger partial charge in [-0.3, -0.25) is 14.6 Å². The fourth-order valence-corrected chi connectivity index (χ4v) is 4.96. The number of benzene rings is 2. The van der Waals surface area contributed by atoms with Crippen molar-refractivity contribution in [2.24, 2.45) is 0 Å². The predicted molar refractivity (Wildman–Crippen MR) is 124 cm³/mol. The maximum absolute atomic E-state index is 13.4. The number of thiazole rings is 1. The minimum Gasteiger partial charge on any atom is -0.379 e. The van der Waals surface area contributed by atoms with Crippen LogP contribution in [0.15, 0.2) is 36.4 Å². The van der Waals surface area contributed by atoms with Crippen molar-refractivity contribution in [1.29, 1.82) is 0 Å². The molecule has 4 rings (SSSR count). The molecular weight excluding hydrogens is 441 g/mol. The lowest BCUT2D eigenvalue weighted by atomic mass is 10.2. The normalized spacial score (nSPS) is 14.9. The van der Waals surface area contributed by atoms with E-state index < -0.39 is 0 Å². The molecule has 0 unspecified atom stereocenters.